The third kappa shape index (κ3) is 4.97. The Morgan fingerprint density at radius 2 is 1.92 bits per heavy atom. The van der Waals surface area contributed by atoms with Crippen molar-refractivity contribution in [1.29, 1.82) is 0 Å². The lowest BCUT2D eigenvalue weighted by Crippen LogP contribution is -2.39. The summed E-state index contributed by atoms with van der Waals surface area (Å²) in [6, 6.07) is 11.9. The van der Waals surface area contributed by atoms with Gasteiger partial charge in [-0.15, -0.1) is 0 Å². The second kappa shape index (κ2) is 8.87. The van der Waals surface area contributed by atoms with Crippen LogP contribution in [0.3, 0.4) is 0 Å². The van der Waals surface area contributed by atoms with Crippen LogP contribution in [0, 0.1) is 0 Å². The molecule has 0 aromatic heterocycles. The van der Waals surface area contributed by atoms with E-state index in [-0.39, 0.29) is 22.6 Å². The lowest BCUT2D eigenvalue weighted by atomic mass is 10.1. The van der Waals surface area contributed by atoms with Crippen molar-refractivity contribution < 1.29 is 19.4 Å². The molecule has 0 radical (unpaired) electrons. The number of nitrogens with one attached hydrogen (secondary N) is 2. The van der Waals surface area contributed by atoms with Gasteiger partial charge in [0.2, 0.25) is 0 Å². The Morgan fingerprint density at radius 3 is 2.58 bits per heavy atom. The van der Waals surface area contributed by atoms with Crippen LogP contribution in [0.1, 0.15) is 24.1 Å². The molecule has 7 nitrogen and oxygen atoms in total. The Kier molecular flexibility index (Phi) is 6.57. The van der Waals surface area contributed by atoms with Crippen LogP contribution in [0.2, 0.25) is 5.02 Å². The van der Waals surface area contributed by atoms with Gasteiger partial charge in [-0.3, -0.25) is 9.59 Å². The van der Waals surface area contributed by atoms with Crippen molar-refractivity contribution in [3.63, 3.8) is 0 Å². The lowest BCUT2D eigenvalue weighted by Gasteiger charge is -2.13. The van der Waals surface area contributed by atoms with Gasteiger partial charge in [0, 0.05) is 0 Å². The highest BCUT2D eigenvalue weighted by molar-refractivity contribution is 6.35. The Balaban J connectivity index is 1.94. The van der Waals surface area contributed by atoms with Crippen LogP contribution in [0.5, 0.6) is 11.5 Å². The molecular formula is C18H18ClN3O4. The zero-order valence-corrected chi connectivity index (χ0v) is 14.9. The predicted molar refractivity (Wildman–Crippen MR) is 98.4 cm³/mol. The van der Waals surface area contributed by atoms with Crippen molar-refractivity contribution in [2.75, 3.05) is 7.11 Å². The number of hydrogen-bond acceptors (Lipinski definition) is 5. The van der Waals surface area contributed by atoms with Crippen LogP contribution in [0.25, 0.3) is 0 Å². The van der Waals surface area contributed by atoms with Crippen LogP contribution in [-0.4, -0.2) is 30.2 Å². The van der Waals surface area contributed by atoms with Gasteiger partial charge in [0.15, 0.2) is 11.5 Å². The van der Waals surface area contributed by atoms with Crippen LogP contribution in [0.4, 0.5) is 0 Å². The summed E-state index contributed by atoms with van der Waals surface area (Å²) in [5, 5.41) is 16.0. The summed E-state index contributed by atoms with van der Waals surface area (Å²) in [7, 11) is 1.38. The number of phenolic OH excluding ortho intramolecular Hbond substituents is 1. The number of amides is 2. The summed E-state index contributed by atoms with van der Waals surface area (Å²) in [4.78, 5) is 23.7. The van der Waals surface area contributed by atoms with E-state index in [2.05, 4.69) is 15.8 Å². The first-order chi connectivity index (χ1) is 12.4. The normalized spacial score (nSPS) is 11.8. The number of hydrogen-bond donors (Lipinski definition) is 3. The number of phenols is 1. The van der Waals surface area contributed by atoms with Crippen LogP contribution >= 0.6 is 11.6 Å². The Bertz CT molecular complexity index is 825. The van der Waals surface area contributed by atoms with Crippen molar-refractivity contribution in [3.05, 3.63) is 58.6 Å². The van der Waals surface area contributed by atoms with Gasteiger partial charge < -0.3 is 15.2 Å². The van der Waals surface area contributed by atoms with Crippen molar-refractivity contribution in [3.8, 4) is 11.5 Å². The molecule has 0 saturated carbocycles. The van der Waals surface area contributed by atoms with E-state index in [9.17, 15) is 14.7 Å². The molecule has 0 aliphatic rings. The highest BCUT2D eigenvalue weighted by Crippen LogP contribution is 2.34. The molecular weight excluding hydrogens is 358 g/mol. The minimum absolute atomic E-state index is 0.0755. The molecule has 0 bridgehead atoms. The molecule has 0 fully saturated rings. The number of hydrazone groups is 1. The third-order valence-corrected chi connectivity index (χ3v) is 3.79. The number of rotatable bonds is 5. The maximum atomic E-state index is 11.9. The highest BCUT2D eigenvalue weighted by Gasteiger charge is 2.16. The van der Waals surface area contributed by atoms with Crippen molar-refractivity contribution in [2.45, 2.75) is 13.0 Å². The largest absolute Gasteiger partial charge is 0.503 e. The standard InChI is InChI=1S/C18H18ClN3O4/c1-11(13-6-4-3-5-7-13)21-17(24)18(25)22-20-10-12-8-14(19)16(23)15(9-12)26-2/h3-11,23H,1-2H3,(H,21,24)(H,22,25)/b20-10+/t11-/m1/s1. The van der Waals surface area contributed by atoms with Crippen molar-refractivity contribution in [2.24, 2.45) is 5.10 Å². The summed E-state index contributed by atoms with van der Waals surface area (Å²) in [5.41, 5.74) is 3.48. The number of ether oxygens (including phenoxy) is 1. The van der Waals surface area contributed by atoms with Gasteiger partial charge >= 0.3 is 11.8 Å². The van der Waals surface area contributed by atoms with Crippen LogP contribution in [0.15, 0.2) is 47.6 Å². The third-order valence-electron chi connectivity index (χ3n) is 3.50. The SMILES string of the molecule is COc1cc(/C=N/NC(=O)C(=O)N[C@H](C)c2ccccc2)cc(Cl)c1O. The zero-order chi connectivity index (χ0) is 19.1. The average Bonchev–Trinajstić information content (AvgIpc) is 2.64. The molecule has 26 heavy (non-hydrogen) atoms. The van der Waals surface area contributed by atoms with E-state index in [1.807, 2.05) is 30.3 Å². The minimum Gasteiger partial charge on any atom is -0.503 e. The molecule has 8 heteroatoms. The fourth-order valence-corrected chi connectivity index (χ4v) is 2.35. The number of aromatic hydroxyl groups is 1. The molecule has 0 aliphatic heterocycles. The fourth-order valence-electron chi connectivity index (χ4n) is 2.13. The topological polar surface area (TPSA) is 100 Å². The smallest absolute Gasteiger partial charge is 0.329 e. The fraction of sp³-hybridized carbons (Fsp3) is 0.167. The maximum Gasteiger partial charge on any atom is 0.329 e. The molecule has 2 amide bonds. The summed E-state index contributed by atoms with van der Waals surface area (Å²) in [6.07, 6.45) is 1.28. The molecule has 136 valence electrons. The number of halogens is 1. The second-order valence-corrected chi connectivity index (χ2v) is 5.77. The summed E-state index contributed by atoms with van der Waals surface area (Å²) >= 11 is 5.86. The Morgan fingerprint density at radius 1 is 1.23 bits per heavy atom. The van der Waals surface area contributed by atoms with Gasteiger partial charge in [-0.05, 0) is 30.2 Å². The molecule has 0 saturated heterocycles. The summed E-state index contributed by atoms with van der Waals surface area (Å²) < 4.78 is 4.97. The molecule has 0 heterocycles. The van der Waals surface area contributed by atoms with Crippen molar-refractivity contribution in [1.82, 2.24) is 10.7 Å². The summed E-state index contributed by atoms with van der Waals surface area (Å²) in [6.45, 7) is 1.77. The second-order valence-electron chi connectivity index (χ2n) is 5.36. The lowest BCUT2D eigenvalue weighted by molar-refractivity contribution is -0.139. The first-order valence-electron chi connectivity index (χ1n) is 7.67. The number of methoxy groups -OCH3 is 1. The highest BCUT2D eigenvalue weighted by atomic mass is 35.5. The van der Waals surface area contributed by atoms with E-state index in [0.29, 0.717) is 5.56 Å². The predicted octanol–water partition coefficient (Wildman–Crippen LogP) is 2.38. The minimum atomic E-state index is -0.902. The van der Waals surface area contributed by atoms with Crippen LogP contribution < -0.4 is 15.5 Å². The number of carbonyl (C=O) groups is 2. The first kappa shape index (κ1) is 19.3. The van der Waals surface area contributed by atoms with Crippen LogP contribution in [-0.2, 0) is 9.59 Å². The summed E-state index contributed by atoms with van der Waals surface area (Å²) in [5.74, 6) is -1.73. The average molecular weight is 376 g/mol. The number of carbonyl (C=O) groups excluding carboxylic acids is 2. The molecule has 2 rings (SSSR count). The molecule has 0 unspecified atom stereocenters. The number of nitrogens with zero attached hydrogens (tertiary/aromatic N) is 1. The molecule has 0 aliphatic carbocycles. The van der Waals surface area contributed by atoms with Gasteiger partial charge in [0.05, 0.1) is 24.4 Å². The molecule has 0 spiro atoms. The zero-order valence-electron chi connectivity index (χ0n) is 14.2. The van der Waals surface area contributed by atoms with Gasteiger partial charge in [-0.2, -0.15) is 5.10 Å². The van der Waals surface area contributed by atoms with Gasteiger partial charge in [-0.25, -0.2) is 5.43 Å². The first-order valence-corrected chi connectivity index (χ1v) is 8.05. The Hall–Kier alpha value is -3.06. The van der Waals surface area contributed by atoms with E-state index in [1.165, 1.54) is 25.5 Å². The van der Waals surface area contributed by atoms with Gasteiger partial charge in [-0.1, -0.05) is 41.9 Å². The molecule has 2 aromatic rings. The van der Waals surface area contributed by atoms with Crippen molar-refractivity contribution >= 4 is 29.6 Å². The quantitative estimate of drug-likeness (QED) is 0.424. The van der Waals surface area contributed by atoms with E-state index in [4.69, 9.17) is 16.3 Å². The van der Waals surface area contributed by atoms with E-state index in [1.54, 1.807) is 6.92 Å². The molecule has 3 N–H and O–H groups in total. The monoisotopic (exact) mass is 375 g/mol. The van der Waals surface area contributed by atoms with E-state index >= 15 is 0 Å². The molecule has 2 aromatic carbocycles. The maximum absolute atomic E-state index is 11.9. The van der Waals surface area contributed by atoms with E-state index in [0.717, 1.165) is 5.56 Å². The van der Waals surface area contributed by atoms with Gasteiger partial charge in [0.25, 0.3) is 0 Å². The molecule has 1 atom stereocenters. The Labute approximate surface area is 155 Å². The van der Waals surface area contributed by atoms with E-state index < -0.39 is 11.8 Å². The van der Waals surface area contributed by atoms with Gasteiger partial charge in [0.1, 0.15) is 0 Å². The number of benzene rings is 2.